The molecular formula is C102H210N18. The van der Waals surface area contributed by atoms with Gasteiger partial charge in [-0.05, 0) is 91.9 Å². The van der Waals surface area contributed by atoms with Gasteiger partial charge in [-0.1, -0.05) is 454 Å². The Bertz CT molecular complexity index is 2250. The van der Waals surface area contributed by atoms with Crippen molar-refractivity contribution in [1.29, 1.82) is 0 Å². The van der Waals surface area contributed by atoms with Gasteiger partial charge in [0.1, 0.15) is 0 Å². The highest BCUT2D eigenvalue weighted by Crippen LogP contribution is 2.31. The molecule has 0 aromatic carbocycles. The Hall–Kier alpha value is -3.42. The van der Waals surface area contributed by atoms with Crippen molar-refractivity contribution in [3.8, 4) is 0 Å². The standard InChI is InChI=1S/C19H39N3.C18H37N3.2C17H35N3.C16H33N3.C15H31N3/c1-4-7-8-9-10-11-12-13-14-15-16-19(5-2,6-3)22-18-17-20-21-22;1-4-6-7-8-9-10-11-12-13-14-15-18(3,5-2)21-17-16-19-20-21;1-4-5-6-7-8-9-10-11-12-13-14-17(2,3)20-16-15-18-19-20;1-3-5-6-7-8-9-10-11-12-13-14-17(4-2)20-16-15-18-19-20;1-3-4-5-6-7-8-9-10-11-12-13-16(2)19-15-14-17-18-19;1-2-3-4-5-6-7-8-9-10-11-12-14-18-15-13-16-17-18/h17,21H,4-16,18H2,1-3H3;16,20H,4-15,17H2,1-3H3;15,19H,4-14,16H2,1-3H3;15,17,19H,3-14,16H2,1-2H3;14,16,18H,3-13,15H2,1-2H3;13,17H,2-12,14-15H2,1H3. The van der Waals surface area contributed by atoms with Gasteiger partial charge in [0.15, 0.2) is 0 Å². The summed E-state index contributed by atoms with van der Waals surface area (Å²) < 4.78 is 0. The smallest absolute Gasteiger partial charge is 0.0573 e. The van der Waals surface area contributed by atoms with Gasteiger partial charge < -0.3 is 0 Å². The lowest BCUT2D eigenvalue weighted by Crippen LogP contribution is -2.51. The van der Waals surface area contributed by atoms with Crippen molar-refractivity contribution < 1.29 is 0 Å². The third-order valence-corrected chi connectivity index (χ3v) is 26.9. The molecule has 0 fully saturated rings. The Labute approximate surface area is 747 Å². The number of hydrazone groups is 6. The zero-order valence-electron chi connectivity index (χ0n) is 82.9. The topological polar surface area (TPSA) is 166 Å². The van der Waals surface area contributed by atoms with Crippen molar-refractivity contribution in [3.63, 3.8) is 0 Å². The Kier molecular flexibility index (Phi) is 81.2. The van der Waals surface area contributed by atoms with Crippen LogP contribution in [0.25, 0.3) is 0 Å². The van der Waals surface area contributed by atoms with Crippen molar-refractivity contribution in [2.24, 2.45) is 30.6 Å². The van der Waals surface area contributed by atoms with Gasteiger partial charge in [-0.15, -0.1) is 0 Å². The average molecular weight is 1690 g/mol. The van der Waals surface area contributed by atoms with Gasteiger partial charge in [-0.25, -0.2) is 38.2 Å². The van der Waals surface area contributed by atoms with Crippen molar-refractivity contribution in [3.05, 3.63) is 0 Å². The zero-order chi connectivity index (χ0) is 87.3. The Balaban J connectivity index is 0.000000721. The molecule has 3 atom stereocenters. The van der Waals surface area contributed by atoms with Gasteiger partial charge in [-0.2, -0.15) is 55.7 Å². The maximum Gasteiger partial charge on any atom is 0.0573 e. The zero-order valence-corrected chi connectivity index (χ0v) is 82.9. The van der Waals surface area contributed by atoms with Crippen LogP contribution in [0.5, 0.6) is 0 Å². The van der Waals surface area contributed by atoms with Crippen LogP contribution in [0.1, 0.15) is 546 Å². The summed E-state index contributed by atoms with van der Waals surface area (Å²) in [5.74, 6) is 0. The first kappa shape index (κ1) is 115. The van der Waals surface area contributed by atoms with E-state index in [0.29, 0.717) is 17.6 Å². The first-order valence-corrected chi connectivity index (χ1v) is 53.1. The SMILES string of the molecule is CCCCCCCCCCCCC(C)(C)N1CC=NN1.CCCCCCCCCCCCC(C)(CC)N1CC=NN1.CCCCCCCCCCCCC(C)N1CC=NN1.CCCCCCCCCCCCC(CC)(CC)N1CC=NN1.CCCCCCCCCCCCC(CC)N1CC=NN1.CCCCCCCCCCCCCN1CC=NN1. The molecule has 6 heterocycles. The summed E-state index contributed by atoms with van der Waals surface area (Å²) >= 11 is 0. The van der Waals surface area contributed by atoms with E-state index in [-0.39, 0.29) is 11.1 Å². The summed E-state index contributed by atoms with van der Waals surface area (Å²) in [6.07, 6.45) is 109. The van der Waals surface area contributed by atoms with E-state index in [4.69, 9.17) is 0 Å². The van der Waals surface area contributed by atoms with Crippen molar-refractivity contribution >= 4 is 37.3 Å². The van der Waals surface area contributed by atoms with E-state index >= 15 is 0 Å². The lowest BCUT2D eigenvalue weighted by atomic mass is 9.86. The first-order valence-electron chi connectivity index (χ1n) is 53.1. The molecule has 6 aliphatic rings. The van der Waals surface area contributed by atoms with E-state index < -0.39 is 0 Å². The van der Waals surface area contributed by atoms with Crippen LogP contribution in [0.15, 0.2) is 30.6 Å². The maximum atomic E-state index is 4.18. The molecule has 18 nitrogen and oxygen atoms in total. The van der Waals surface area contributed by atoms with E-state index in [2.05, 4.69) is 191 Å². The largest absolute Gasteiger partial charge is 0.240 e. The van der Waals surface area contributed by atoms with Gasteiger partial charge in [0, 0.05) is 72.5 Å². The number of hydrogen-bond donors (Lipinski definition) is 6. The average Bonchev–Trinajstić information content (AvgIpc) is 1.60. The molecule has 6 rings (SSSR count). The molecule has 120 heavy (non-hydrogen) atoms. The molecule has 0 bridgehead atoms. The summed E-state index contributed by atoms with van der Waals surface area (Å²) in [7, 11) is 0. The predicted molar refractivity (Wildman–Crippen MR) is 533 cm³/mol. The molecule has 3 unspecified atom stereocenters. The second kappa shape index (κ2) is 85.0. The molecule has 0 amide bonds. The van der Waals surface area contributed by atoms with Crippen molar-refractivity contribution in [1.82, 2.24) is 63.3 Å². The molecule has 0 spiro atoms. The molecule has 0 radical (unpaired) electrons. The third kappa shape index (κ3) is 64.3. The second-order valence-corrected chi connectivity index (χ2v) is 37.8. The fraction of sp³-hybridized carbons (Fsp3) is 0.941. The van der Waals surface area contributed by atoms with Crippen LogP contribution < -0.4 is 33.2 Å². The third-order valence-electron chi connectivity index (χ3n) is 26.9. The van der Waals surface area contributed by atoms with Crippen molar-refractivity contribution in [2.75, 3.05) is 45.8 Å². The van der Waals surface area contributed by atoms with Crippen LogP contribution >= 0.6 is 0 Å². The van der Waals surface area contributed by atoms with E-state index in [1.807, 2.05) is 37.3 Å². The first-order chi connectivity index (χ1) is 58.8. The van der Waals surface area contributed by atoms with E-state index in [1.54, 1.807) is 0 Å². The molecule has 6 aliphatic heterocycles. The maximum absolute atomic E-state index is 4.18. The van der Waals surface area contributed by atoms with Crippen LogP contribution in [0.2, 0.25) is 0 Å². The van der Waals surface area contributed by atoms with E-state index in [1.165, 1.54) is 449 Å². The Morgan fingerprint density at radius 3 is 0.858 bits per heavy atom. The summed E-state index contributed by atoms with van der Waals surface area (Å²) in [5.41, 5.74) is 19.3. The number of hydrazine groups is 6. The minimum Gasteiger partial charge on any atom is -0.240 e. The van der Waals surface area contributed by atoms with Crippen LogP contribution in [-0.2, 0) is 0 Å². The molecule has 0 saturated heterocycles. The van der Waals surface area contributed by atoms with Crippen LogP contribution in [0.4, 0.5) is 0 Å². The number of nitrogens with one attached hydrogen (secondary N) is 6. The highest BCUT2D eigenvalue weighted by Gasteiger charge is 2.35. The fourth-order valence-corrected chi connectivity index (χ4v) is 17.6. The summed E-state index contributed by atoms with van der Waals surface area (Å²) in [5, 5.41) is 38.0. The molecule has 6 N–H and O–H groups in total. The number of nitrogens with zero attached hydrogens (tertiary/aromatic N) is 12. The molecule has 708 valence electrons. The minimum atomic E-state index is 0.219. The van der Waals surface area contributed by atoms with Crippen LogP contribution in [-0.4, -0.2) is 142 Å². The molecular weight excluding hydrogens is 1480 g/mol. The van der Waals surface area contributed by atoms with Gasteiger partial charge in [0.25, 0.3) is 0 Å². The molecule has 18 heteroatoms. The monoisotopic (exact) mass is 1690 g/mol. The van der Waals surface area contributed by atoms with Gasteiger partial charge >= 0.3 is 0 Å². The van der Waals surface area contributed by atoms with E-state index in [0.717, 1.165) is 45.8 Å². The molecule has 0 aromatic heterocycles. The normalized spacial score (nSPS) is 16.2. The molecule has 0 saturated carbocycles. The van der Waals surface area contributed by atoms with Gasteiger partial charge in [0.05, 0.1) is 39.3 Å². The van der Waals surface area contributed by atoms with E-state index in [9.17, 15) is 0 Å². The summed E-state index contributed by atoms with van der Waals surface area (Å²) in [4.78, 5) is 0. The Morgan fingerprint density at radius 1 is 0.258 bits per heavy atom. The molecule has 0 aliphatic carbocycles. The van der Waals surface area contributed by atoms with Crippen LogP contribution in [0.3, 0.4) is 0 Å². The minimum absolute atomic E-state index is 0.219. The lowest BCUT2D eigenvalue weighted by molar-refractivity contribution is 0.0444. The van der Waals surface area contributed by atoms with Crippen LogP contribution in [0, 0.1) is 0 Å². The van der Waals surface area contributed by atoms with Gasteiger partial charge in [0.2, 0.25) is 0 Å². The summed E-state index contributed by atoms with van der Waals surface area (Å²) in [6, 6.07) is 1.27. The predicted octanol–water partition coefficient (Wildman–Crippen LogP) is 29.3. The Morgan fingerprint density at radius 2 is 0.542 bits per heavy atom. The highest BCUT2D eigenvalue weighted by atomic mass is 15.7. The second-order valence-electron chi connectivity index (χ2n) is 37.8. The highest BCUT2D eigenvalue weighted by molar-refractivity contribution is 5.62. The lowest BCUT2D eigenvalue weighted by Gasteiger charge is -2.40. The summed E-state index contributed by atoms with van der Waals surface area (Å²) in [6.45, 7) is 39.0. The fourth-order valence-electron chi connectivity index (χ4n) is 17.6. The number of hydrogen-bond acceptors (Lipinski definition) is 18. The number of rotatable bonds is 76. The van der Waals surface area contributed by atoms with Gasteiger partial charge in [-0.3, -0.25) is 0 Å². The van der Waals surface area contributed by atoms with Crippen molar-refractivity contribution in [2.45, 2.75) is 575 Å². The molecule has 0 aromatic rings. The quantitative estimate of drug-likeness (QED) is 0.0320. The number of unbranched alkanes of at least 4 members (excludes halogenated alkanes) is 55.